The van der Waals surface area contributed by atoms with Crippen molar-refractivity contribution in [2.75, 3.05) is 26.7 Å². The molecule has 1 amide bonds. The molecule has 3 rings (SSSR count). The lowest BCUT2D eigenvalue weighted by molar-refractivity contribution is 0.0645. The smallest absolute Gasteiger partial charge is 0.257 e. The number of methoxy groups -OCH3 is 1. The summed E-state index contributed by atoms with van der Waals surface area (Å²) in [6.07, 6.45) is 4.34. The Morgan fingerprint density at radius 1 is 1.26 bits per heavy atom. The van der Waals surface area contributed by atoms with E-state index in [0.29, 0.717) is 11.8 Å². The fourth-order valence-corrected chi connectivity index (χ4v) is 4.08. The number of nitrogens with zero attached hydrogens (tertiary/aromatic N) is 2. The van der Waals surface area contributed by atoms with Gasteiger partial charge in [0.05, 0.1) is 12.7 Å². The molecule has 2 aliphatic heterocycles. The lowest BCUT2D eigenvalue weighted by Gasteiger charge is -2.34. The van der Waals surface area contributed by atoms with Gasteiger partial charge >= 0.3 is 0 Å². The first-order chi connectivity index (χ1) is 11.2. The number of carbonyl (C=O) groups is 1. The molecule has 5 heteroatoms. The third-order valence-electron chi connectivity index (χ3n) is 5.23. The molecule has 2 saturated heterocycles. The van der Waals surface area contributed by atoms with E-state index in [2.05, 4.69) is 11.8 Å². The van der Waals surface area contributed by atoms with Crippen molar-refractivity contribution in [3.63, 3.8) is 0 Å². The molecule has 126 valence electrons. The van der Waals surface area contributed by atoms with Crippen molar-refractivity contribution in [1.82, 2.24) is 9.80 Å². The summed E-state index contributed by atoms with van der Waals surface area (Å²) in [5, 5.41) is 0. The zero-order valence-electron chi connectivity index (χ0n) is 13.9. The van der Waals surface area contributed by atoms with Gasteiger partial charge in [0.15, 0.2) is 0 Å². The molecule has 0 spiro atoms. The Morgan fingerprint density at radius 3 is 2.70 bits per heavy atom. The number of carbonyl (C=O) groups excluding carboxylic acids is 1. The molecule has 0 N–H and O–H groups in total. The molecule has 0 radical (unpaired) electrons. The first-order valence-corrected chi connectivity index (χ1v) is 8.54. The van der Waals surface area contributed by atoms with Gasteiger partial charge in [-0.15, -0.1) is 0 Å². The van der Waals surface area contributed by atoms with Crippen molar-refractivity contribution < 1.29 is 13.9 Å². The second kappa shape index (κ2) is 6.87. The van der Waals surface area contributed by atoms with Crippen LogP contribution in [-0.2, 0) is 0 Å². The second-order valence-electron chi connectivity index (χ2n) is 6.39. The summed E-state index contributed by atoms with van der Waals surface area (Å²) < 4.78 is 19.3. The topological polar surface area (TPSA) is 32.8 Å². The Balaban J connectivity index is 1.81. The number of rotatable bonds is 4. The van der Waals surface area contributed by atoms with Crippen molar-refractivity contribution in [1.29, 1.82) is 0 Å². The molecule has 0 aliphatic carbocycles. The van der Waals surface area contributed by atoms with Crippen LogP contribution < -0.4 is 4.74 Å². The molecule has 1 aromatic carbocycles. The number of hydrogen-bond acceptors (Lipinski definition) is 3. The average Bonchev–Trinajstić information content (AvgIpc) is 3.21. The van der Waals surface area contributed by atoms with Crippen LogP contribution in [0.15, 0.2) is 18.2 Å². The normalized spacial score (nSPS) is 25.1. The van der Waals surface area contributed by atoms with Gasteiger partial charge in [-0.2, -0.15) is 0 Å². The summed E-state index contributed by atoms with van der Waals surface area (Å²) in [5.74, 6) is -0.251. The van der Waals surface area contributed by atoms with E-state index in [1.165, 1.54) is 25.7 Å². The predicted octanol–water partition coefficient (Wildman–Crippen LogP) is 2.92. The first-order valence-electron chi connectivity index (χ1n) is 8.54. The number of amides is 1. The monoisotopic (exact) mass is 320 g/mol. The van der Waals surface area contributed by atoms with Gasteiger partial charge in [-0.05, 0) is 50.9 Å². The van der Waals surface area contributed by atoms with Crippen LogP contribution in [0.5, 0.6) is 5.75 Å². The Kier molecular flexibility index (Phi) is 4.85. The van der Waals surface area contributed by atoms with E-state index in [-0.39, 0.29) is 17.5 Å². The fourth-order valence-electron chi connectivity index (χ4n) is 4.08. The highest BCUT2D eigenvalue weighted by Gasteiger charge is 2.39. The van der Waals surface area contributed by atoms with Gasteiger partial charge in [0.1, 0.15) is 11.6 Å². The summed E-state index contributed by atoms with van der Waals surface area (Å²) in [7, 11) is 1.49. The zero-order valence-corrected chi connectivity index (χ0v) is 13.9. The molecule has 2 fully saturated rings. The standard InChI is InChI=1S/C18H25FN2O2/c1-3-20-10-4-6-16(20)17-7-5-11-21(17)18(22)14-9-8-13(23-2)12-15(14)19/h8-9,12,16-17H,3-7,10-11H2,1-2H3/t16-,17+/m0/s1. The van der Waals surface area contributed by atoms with Crippen LogP contribution in [0.3, 0.4) is 0 Å². The lowest BCUT2D eigenvalue weighted by Crippen LogP contribution is -2.48. The maximum absolute atomic E-state index is 14.3. The number of likely N-dealkylation sites (tertiary alicyclic amines) is 2. The fraction of sp³-hybridized carbons (Fsp3) is 0.611. The molecule has 0 aromatic heterocycles. The van der Waals surface area contributed by atoms with Crippen molar-refractivity contribution in [2.45, 2.75) is 44.7 Å². The van der Waals surface area contributed by atoms with E-state index in [0.717, 1.165) is 38.9 Å². The van der Waals surface area contributed by atoms with Gasteiger partial charge < -0.3 is 9.64 Å². The van der Waals surface area contributed by atoms with E-state index >= 15 is 0 Å². The van der Waals surface area contributed by atoms with Crippen LogP contribution in [0.4, 0.5) is 4.39 Å². The molecule has 1 aromatic rings. The van der Waals surface area contributed by atoms with Crippen molar-refractivity contribution >= 4 is 5.91 Å². The Bertz CT molecular complexity index is 578. The van der Waals surface area contributed by atoms with Crippen LogP contribution in [-0.4, -0.2) is 54.5 Å². The Labute approximate surface area is 137 Å². The van der Waals surface area contributed by atoms with E-state index in [1.807, 2.05) is 4.90 Å². The quantitative estimate of drug-likeness (QED) is 0.855. The number of benzene rings is 1. The minimum atomic E-state index is -0.501. The molecular weight excluding hydrogens is 295 g/mol. The second-order valence-corrected chi connectivity index (χ2v) is 6.39. The molecule has 2 heterocycles. The molecule has 2 atom stereocenters. The number of halogens is 1. The average molecular weight is 320 g/mol. The van der Waals surface area contributed by atoms with Crippen molar-refractivity contribution in [3.8, 4) is 5.75 Å². The molecule has 2 aliphatic rings. The zero-order chi connectivity index (χ0) is 16.4. The van der Waals surface area contributed by atoms with Gasteiger partial charge in [0.2, 0.25) is 0 Å². The van der Waals surface area contributed by atoms with Crippen molar-refractivity contribution in [3.05, 3.63) is 29.6 Å². The van der Waals surface area contributed by atoms with Crippen LogP contribution in [0, 0.1) is 5.82 Å². The summed E-state index contributed by atoms with van der Waals surface area (Å²) >= 11 is 0. The summed E-state index contributed by atoms with van der Waals surface area (Å²) in [4.78, 5) is 17.2. The summed E-state index contributed by atoms with van der Waals surface area (Å²) in [6, 6.07) is 5.11. The third kappa shape index (κ3) is 3.07. The number of ether oxygens (including phenoxy) is 1. The number of likely N-dealkylation sites (N-methyl/N-ethyl adjacent to an activating group) is 1. The van der Waals surface area contributed by atoms with Gasteiger partial charge in [0.25, 0.3) is 5.91 Å². The largest absolute Gasteiger partial charge is 0.497 e. The maximum atomic E-state index is 14.3. The third-order valence-corrected chi connectivity index (χ3v) is 5.23. The van der Waals surface area contributed by atoms with Gasteiger partial charge in [-0.1, -0.05) is 6.92 Å². The first kappa shape index (κ1) is 16.2. The van der Waals surface area contributed by atoms with E-state index in [1.54, 1.807) is 6.07 Å². The van der Waals surface area contributed by atoms with Crippen LogP contribution >= 0.6 is 0 Å². The Hall–Kier alpha value is -1.62. The van der Waals surface area contributed by atoms with E-state index < -0.39 is 5.82 Å². The highest BCUT2D eigenvalue weighted by Crippen LogP contribution is 2.31. The predicted molar refractivity (Wildman–Crippen MR) is 87.3 cm³/mol. The maximum Gasteiger partial charge on any atom is 0.257 e. The summed E-state index contributed by atoms with van der Waals surface area (Å²) in [5.41, 5.74) is 0.152. The van der Waals surface area contributed by atoms with Gasteiger partial charge in [-0.25, -0.2) is 4.39 Å². The lowest BCUT2D eigenvalue weighted by atomic mass is 10.0. The van der Waals surface area contributed by atoms with Crippen molar-refractivity contribution in [2.24, 2.45) is 0 Å². The van der Waals surface area contributed by atoms with E-state index in [4.69, 9.17) is 4.74 Å². The van der Waals surface area contributed by atoms with Crippen LogP contribution in [0.1, 0.15) is 43.0 Å². The highest BCUT2D eigenvalue weighted by atomic mass is 19.1. The number of hydrogen-bond donors (Lipinski definition) is 0. The summed E-state index contributed by atoms with van der Waals surface area (Å²) in [6.45, 7) is 5.02. The van der Waals surface area contributed by atoms with Crippen LogP contribution in [0.25, 0.3) is 0 Å². The molecular formula is C18H25FN2O2. The molecule has 0 unspecified atom stereocenters. The van der Waals surface area contributed by atoms with E-state index in [9.17, 15) is 9.18 Å². The molecule has 0 saturated carbocycles. The van der Waals surface area contributed by atoms with Gasteiger partial charge in [0, 0.05) is 24.7 Å². The molecule has 0 bridgehead atoms. The molecule has 23 heavy (non-hydrogen) atoms. The van der Waals surface area contributed by atoms with Gasteiger partial charge in [-0.3, -0.25) is 9.69 Å². The molecule has 4 nitrogen and oxygen atoms in total. The SMILES string of the molecule is CCN1CCC[C@H]1[C@H]1CCCN1C(=O)c1ccc(OC)cc1F. The minimum Gasteiger partial charge on any atom is -0.497 e. The minimum absolute atomic E-state index is 0.152. The highest BCUT2D eigenvalue weighted by molar-refractivity contribution is 5.95. The Morgan fingerprint density at radius 2 is 2.00 bits per heavy atom. The van der Waals surface area contributed by atoms with Crippen LogP contribution in [0.2, 0.25) is 0 Å².